The van der Waals surface area contributed by atoms with Crippen molar-refractivity contribution in [1.29, 1.82) is 0 Å². The van der Waals surface area contributed by atoms with Crippen LogP contribution in [0.5, 0.6) is 0 Å². The zero-order valence-corrected chi connectivity index (χ0v) is 17.3. The summed E-state index contributed by atoms with van der Waals surface area (Å²) in [5.41, 5.74) is 1.42. The summed E-state index contributed by atoms with van der Waals surface area (Å²) in [6.07, 6.45) is 5.45. The minimum Gasteiger partial charge on any atom is -0.349 e. The van der Waals surface area contributed by atoms with Crippen molar-refractivity contribution in [3.05, 3.63) is 59.9 Å². The van der Waals surface area contributed by atoms with E-state index in [1.54, 1.807) is 24.3 Å². The van der Waals surface area contributed by atoms with E-state index in [0.29, 0.717) is 16.9 Å². The summed E-state index contributed by atoms with van der Waals surface area (Å²) in [6.45, 7) is 0.215. The number of rotatable bonds is 5. The molecule has 1 heterocycles. The third-order valence-corrected chi connectivity index (χ3v) is 6.00. The van der Waals surface area contributed by atoms with Crippen LogP contribution in [0.3, 0.4) is 0 Å². The highest BCUT2D eigenvalue weighted by atomic mass is 19.1. The van der Waals surface area contributed by atoms with Gasteiger partial charge in [0.25, 0.3) is 5.91 Å². The van der Waals surface area contributed by atoms with Crippen molar-refractivity contribution in [2.24, 2.45) is 5.92 Å². The average molecular weight is 423 g/mol. The van der Waals surface area contributed by atoms with Crippen LogP contribution in [-0.2, 0) is 9.59 Å². The number of nitrogens with one attached hydrogen (secondary N) is 2. The van der Waals surface area contributed by atoms with Gasteiger partial charge in [-0.2, -0.15) is 0 Å². The smallest absolute Gasteiger partial charge is 0.253 e. The first-order chi connectivity index (χ1) is 15.0. The molecule has 1 saturated heterocycles. The second kappa shape index (κ2) is 9.29. The van der Waals surface area contributed by atoms with Crippen LogP contribution in [0.4, 0.5) is 15.8 Å². The van der Waals surface area contributed by atoms with Crippen LogP contribution in [-0.4, -0.2) is 30.3 Å². The van der Waals surface area contributed by atoms with Gasteiger partial charge in [-0.1, -0.05) is 31.4 Å². The molecule has 2 aromatic rings. The molecule has 2 aliphatic rings. The van der Waals surface area contributed by atoms with Gasteiger partial charge in [0.15, 0.2) is 0 Å². The normalized spacial score (nSPS) is 19.3. The number of hydrogen-bond acceptors (Lipinski definition) is 3. The second-order valence-corrected chi connectivity index (χ2v) is 8.23. The molecule has 3 amide bonds. The predicted molar refractivity (Wildman–Crippen MR) is 116 cm³/mol. The van der Waals surface area contributed by atoms with Crippen LogP contribution < -0.4 is 15.5 Å². The van der Waals surface area contributed by atoms with E-state index in [9.17, 15) is 18.8 Å². The first-order valence-corrected chi connectivity index (χ1v) is 10.8. The number of carbonyl (C=O) groups is 3. The lowest BCUT2D eigenvalue weighted by Crippen LogP contribution is -2.36. The Balaban J connectivity index is 1.42. The number of carbonyl (C=O) groups excluding carboxylic acids is 3. The summed E-state index contributed by atoms with van der Waals surface area (Å²) in [4.78, 5) is 39.6. The Morgan fingerprint density at radius 2 is 1.68 bits per heavy atom. The molecule has 6 nitrogen and oxygen atoms in total. The van der Waals surface area contributed by atoms with Gasteiger partial charge < -0.3 is 15.5 Å². The van der Waals surface area contributed by atoms with E-state index in [1.807, 2.05) is 0 Å². The summed E-state index contributed by atoms with van der Waals surface area (Å²) in [6, 6.07) is 12.7. The van der Waals surface area contributed by atoms with Crippen LogP contribution in [0.2, 0.25) is 0 Å². The monoisotopic (exact) mass is 423 g/mol. The van der Waals surface area contributed by atoms with Gasteiger partial charge in [-0.25, -0.2) is 4.39 Å². The molecule has 4 rings (SSSR count). The number of halogens is 1. The van der Waals surface area contributed by atoms with E-state index >= 15 is 0 Å². The molecule has 1 saturated carbocycles. The van der Waals surface area contributed by atoms with Gasteiger partial charge in [-0.15, -0.1) is 0 Å². The van der Waals surface area contributed by atoms with Crippen molar-refractivity contribution in [2.75, 3.05) is 16.8 Å². The molecule has 162 valence electrons. The summed E-state index contributed by atoms with van der Waals surface area (Å²) >= 11 is 0. The fourth-order valence-corrected chi connectivity index (χ4v) is 4.29. The van der Waals surface area contributed by atoms with E-state index in [2.05, 4.69) is 10.6 Å². The molecule has 2 N–H and O–H groups in total. The Bertz CT molecular complexity index is 970. The van der Waals surface area contributed by atoms with Crippen LogP contribution in [0.25, 0.3) is 0 Å². The van der Waals surface area contributed by atoms with Crippen LogP contribution >= 0.6 is 0 Å². The topological polar surface area (TPSA) is 78.5 Å². The third kappa shape index (κ3) is 4.93. The molecule has 1 atom stereocenters. The Morgan fingerprint density at radius 3 is 2.42 bits per heavy atom. The van der Waals surface area contributed by atoms with Gasteiger partial charge in [0.2, 0.25) is 11.8 Å². The molecule has 1 aliphatic carbocycles. The van der Waals surface area contributed by atoms with Crippen molar-refractivity contribution in [2.45, 2.75) is 44.6 Å². The maximum absolute atomic E-state index is 13.2. The minimum absolute atomic E-state index is 0.0691. The molecular formula is C24H26FN3O3. The number of amides is 3. The number of anilines is 2. The van der Waals surface area contributed by atoms with Crippen molar-refractivity contribution >= 4 is 29.1 Å². The standard InChI is InChI=1S/C24H26FN3O3/c25-17-10-12-19(13-11-17)28-15-16(14-22(28)29)23(30)27-21-9-5-4-8-20(21)24(31)26-18-6-2-1-3-7-18/h4-5,8-13,16,18H,1-3,6-7,14-15H2,(H,26,31)(H,27,30)/t16-/m0/s1. The van der Waals surface area contributed by atoms with Gasteiger partial charge in [0.1, 0.15) is 5.82 Å². The van der Waals surface area contributed by atoms with Gasteiger partial charge in [-0.05, 0) is 49.2 Å². The zero-order chi connectivity index (χ0) is 21.8. The average Bonchev–Trinajstić information content (AvgIpc) is 3.17. The maximum atomic E-state index is 13.2. The number of benzene rings is 2. The minimum atomic E-state index is -0.549. The number of nitrogens with zero attached hydrogens (tertiary/aromatic N) is 1. The maximum Gasteiger partial charge on any atom is 0.253 e. The Labute approximate surface area is 180 Å². The van der Waals surface area contributed by atoms with Crippen LogP contribution in [0, 0.1) is 11.7 Å². The van der Waals surface area contributed by atoms with Gasteiger partial charge in [-0.3, -0.25) is 14.4 Å². The summed E-state index contributed by atoms with van der Waals surface area (Å²) < 4.78 is 13.2. The Hall–Kier alpha value is -3.22. The predicted octanol–water partition coefficient (Wildman–Crippen LogP) is 3.88. The molecule has 1 aliphatic heterocycles. The van der Waals surface area contributed by atoms with Gasteiger partial charge in [0.05, 0.1) is 17.2 Å². The van der Waals surface area contributed by atoms with E-state index < -0.39 is 5.92 Å². The molecular weight excluding hydrogens is 397 g/mol. The van der Waals surface area contributed by atoms with Gasteiger partial charge in [0, 0.05) is 24.7 Å². The molecule has 0 bridgehead atoms. The largest absolute Gasteiger partial charge is 0.349 e. The molecule has 31 heavy (non-hydrogen) atoms. The van der Waals surface area contributed by atoms with Crippen molar-refractivity contribution < 1.29 is 18.8 Å². The quantitative estimate of drug-likeness (QED) is 0.766. The lowest BCUT2D eigenvalue weighted by molar-refractivity contribution is -0.122. The molecule has 0 aromatic heterocycles. The highest BCUT2D eigenvalue weighted by Crippen LogP contribution is 2.27. The van der Waals surface area contributed by atoms with Crippen LogP contribution in [0.1, 0.15) is 48.9 Å². The van der Waals surface area contributed by atoms with Crippen molar-refractivity contribution in [1.82, 2.24) is 5.32 Å². The molecule has 7 heteroatoms. The first-order valence-electron chi connectivity index (χ1n) is 10.8. The molecule has 2 aromatic carbocycles. The number of para-hydroxylation sites is 1. The van der Waals surface area contributed by atoms with E-state index in [4.69, 9.17) is 0 Å². The fraction of sp³-hybridized carbons (Fsp3) is 0.375. The summed E-state index contributed by atoms with van der Waals surface area (Å²) in [5, 5.41) is 5.91. The summed E-state index contributed by atoms with van der Waals surface area (Å²) in [5.74, 6) is -1.62. The Morgan fingerprint density at radius 1 is 0.968 bits per heavy atom. The van der Waals surface area contributed by atoms with Crippen molar-refractivity contribution in [3.63, 3.8) is 0 Å². The second-order valence-electron chi connectivity index (χ2n) is 8.23. The summed E-state index contributed by atoms with van der Waals surface area (Å²) in [7, 11) is 0. The molecule has 0 radical (unpaired) electrons. The molecule has 0 unspecified atom stereocenters. The molecule has 2 fully saturated rings. The third-order valence-electron chi connectivity index (χ3n) is 6.00. The van der Waals surface area contributed by atoms with Crippen molar-refractivity contribution in [3.8, 4) is 0 Å². The van der Waals surface area contributed by atoms with Crippen LogP contribution in [0.15, 0.2) is 48.5 Å². The van der Waals surface area contributed by atoms with Gasteiger partial charge >= 0.3 is 0 Å². The van der Waals surface area contributed by atoms with E-state index in [-0.39, 0.29) is 42.5 Å². The first kappa shape index (κ1) is 21.0. The highest BCUT2D eigenvalue weighted by Gasteiger charge is 2.35. The lowest BCUT2D eigenvalue weighted by atomic mass is 9.95. The zero-order valence-electron chi connectivity index (χ0n) is 17.3. The molecule has 0 spiro atoms. The number of hydrogen-bond donors (Lipinski definition) is 2. The fourth-order valence-electron chi connectivity index (χ4n) is 4.29. The Kier molecular flexibility index (Phi) is 6.30. The highest BCUT2D eigenvalue weighted by molar-refractivity contribution is 6.07. The van der Waals surface area contributed by atoms with E-state index in [1.165, 1.54) is 35.6 Å². The lowest BCUT2D eigenvalue weighted by Gasteiger charge is -2.23. The SMILES string of the molecule is O=C(NC1CCCCC1)c1ccccc1NC(=O)[C@H]1CC(=O)N(c2ccc(F)cc2)C1. The van der Waals surface area contributed by atoms with E-state index in [0.717, 1.165) is 25.7 Å².